The van der Waals surface area contributed by atoms with Crippen LogP contribution in [0.15, 0.2) is 60.7 Å². The van der Waals surface area contributed by atoms with E-state index < -0.39 is 83.9 Å². The van der Waals surface area contributed by atoms with Crippen molar-refractivity contribution in [1.29, 1.82) is 0 Å². The van der Waals surface area contributed by atoms with Crippen LogP contribution in [0.2, 0.25) is 0 Å². The van der Waals surface area contributed by atoms with Crippen molar-refractivity contribution in [3.8, 4) is 0 Å². The number of rotatable bonds is 8. The van der Waals surface area contributed by atoms with Crippen molar-refractivity contribution in [2.75, 3.05) is 13.2 Å². The van der Waals surface area contributed by atoms with Crippen molar-refractivity contribution >= 4 is 11.9 Å². The molecule has 4 aliphatic heterocycles. The quantitative estimate of drug-likeness (QED) is 0.318. The molecule has 12 heteroatoms. The summed E-state index contributed by atoms with van der Waals surface area (Å²) in [5, 5.41) is 43.6. The van der Waals surface area contributed by atoms with E-state index in [9.17, 15) is 30.0 Å². The van der Waals surface area contributed by atoms with Crippen LogP contribution in [0.5, 0.6) is 0 Å². The van der Waals surface area contributed by atoms with E-state index in [-0.39, 0.29) is 19.4 Å². The molecule has 4 N–H and O–H groups in total. The van der Waals surface area contributed by atoms with E-state index in [0.717, 1.165) is 0 Å². The van der Waals surface area contributed by atoms with Gasteiger partial charge in [-0.05, 0) is 37.6 Å². The van der Waals surface area contributed by atoms with Gasteiger partial charge in [-0.3, -0.25) is 0 Å². The van der Waals surface area contributed by atoms with Gasteiger partial charge >= 0.3 is 11.9 Å². The lowest BCUT2D eigenvalue weighted by molar-refractivity contribution is -0.424. The summed E-state index contributed by atoms with van der Waals surface area (Å²) in [5.74, 6) is -3.25. The third-order valence-corrected chi connectivity index (χ3v) is 9.78. The van der Waals surface area contributed by atoms with Gasteiger partial charge in [-0.25, -0.2) is 9.59 Å². The number of aliphatic hydroxyl groups excluding tert-OH is 3. The molecule has 2 aromatic rings. The molecule has 4 heterocycles. The zero-order chi connectivity index (χ0) is 29.5. The van der Waals surface area contributed by atoms with Gasteiger partial charge in [-0.15, -0.1) is 0 Å². The highest BCUT2D eigenvalue weighted by atomic mass is 16.8. The highest BCUT2D eigenvalue weighted by molar-refractivity contribution is 5.89. The maximum absolute atomic E-state index is 12.9. The number of hydrogen-bond donors (Lipinski definition) is 4. The second-order valence-corrected chi connectivity index (χ2v) is 12.0. The van der Waals surface area contributed by atoms with Crippen LogP contribution in [-0.2, 0) is 28.4 Å². The Morgan fingerprint density at radius 3 is 2.14 bits per heavy atom. The third kappa shape index (κ3) is 3.70. The van der Waals surface area contributed by atoms with E-state index in [2.05, 4.69) is 0 Å². The first kappa shape index (κ1) is 27.9. The van der Waals surface area contributed by atoms with E-state index in [1.807, 2.05) is 0 Å². The molecule has 6 bridgehead atoms. The summed E-state index contributed by atoms with van der Waals surface area (Å²) in [7, 11) is 0. The first-order valence-corrected chi connectivity index (χ1v) is 13.9. The Morgan fingerprint density at radius 2 is 1.50 bits per heavy atom. The van der Waals surface area contributed by atoms with E-state index in [0.29, 0.717) is 11.1 Å². The third-order valence-electron chi connectivity index (χ3n) is 9.78. The summed E-state index contributed by atoms with van der Waals surface area (Å²) < 4.78 is 35.7. The number of aliphatic hydroxyl groups is 4. The maximum atomic E-state index is 12.9. The van der Waals surface area contributed by atoms with Crippen molar-refractivity contribution in [3.63, 3.8) is 0 Å². The monoisotopic (exact) mass is 584 g/mol. The number of benzene rings is 2. The van der Waals surface area contributed by atoms with Gasteiger partial charge in [0, 0.05) is 12.3 Å². The highest BCUT2D eigenvalue weighted by Crippen LogP contribution is 2.81. The van der Waals surface area contributed by atoms with Crippen LogP contribution in [0, 0.1) is 11.3 Å². The average Bonchev–Trinajstić information content (AvgIpc) is 3.18. The first-order chi connectivity index (χ1) is 20.0. The van der Waals surface area contributed by atoms with Crippen LogP contribution >= 0.6 is 0 Å². The van der Waals surface area contributed by atoms with Crippen LogP contribution in [0.1, 0.15) is 40.5 Å². The molecule has 0 amide bonds. The summed E-state index contributed by atoms with van der Waals surface area (Å²) in [5.41, 5.74) is -2.88. The second kappa shape index (κ2) is 9.53. The van der Waals surface area contributed by atoms with E-state index in [1.54, 1.807) is 67.6 Å². The molecule has 0 aromatic heterocycles. The highest BCUT2D eigenvalue weighted by Gasteiger charge is 2.94. The number of carbonyl (C=O) groups is 2. The predicted octanol–water partition coefficient (Wildman–Crippen LogP) is 0.507. The zero-order valence-corrected chi connectivity index (χ0v) is 22.7. The summed E-state index contributed by atoms with van der Waals surface area (Å²) in [6.45, 7) is 1.12. The molecule has 12 nitrogen and oxygen atoms in total. The van der Waals surface area contributed by atoms with Gasteiger partial charge in [0.25, 0.3) is 0 Å². The Kier molecular flexibility index (Phi) is 6.32. The van der Waals surface area contributed by atoms with Gasteiger partial charge in [0.2, 0.25) is 0 Å². The number of ether oxygens (including phenoxy) is 6. The van der Waals surface area contributed by atoms with Crippen LogP contribution in [0.25, 0.3) is 0 Å². The van der Waals surface area contributed by atoms with Gasteiger partial charge in [0.1, 0.15) is 48.8 Å². The molecule has 11 atom stereocenters. The van der Waals surface area contributed by atoms with Crippen molar-refractivity contribution in [1.82, 2.24) is 0 Å². The molecule has 0 radical (unpaired) electrons. The number of carbonyl (C=O) groups excluding carboxylic acids is 2. The number of esters is 2. The summed E-state index contributed by atoms with van der Waals surface area (Å²) in [6.07, 6.45) is -8.34. The van der Waals surface area contributed by atoms with E-state index in [4.69, 9.17) is 28.4 Å². The predicted molar refractivity (Wildman–Crippen MR) is 138 cm³/mol. The molecule has 0 unspecified atom stereocenters. The summed E-state index contributed by atoms with van der Waals surface area (Å²) in [4.78, 5) is 25.4. The van der Waals surface area contributed by atoms with Gasteiger partial charge in [-0.1, -0.05) is 36.4 Å². The normalized spacial score (nSPS) is 44.5. The lowest BCUT2D eigenvalue weighted by atomic mass is 9.41. The fourth-order valence-corrected chi connectivity index (χ4v) is 7.68. The Labute approximate surface area is 240 Å². The van der Waals surface area contributed by atoms with Gasteiger partial charge in [-0.2, -0.15) is 0 Å². The molecule has 4 saturated heterocycles. The molecule has 0 spiro atoms. The molecule has 2 aromatic carbocycles. The SMILES string of the molecule is C[C@]12C[C@]3(O)O[C@@H](O1)[C@]1(COC(=O)c4ccccc4)[C@@H]3C[C@]12O[C@@H]1O[C@@H](COC(=O)c2ccccc2)[C@H](O)[C@@H](O)[C@@H]1O. The van der Waals surface area contributed by atoms with Crippen LogP contribution in [-0.4, -0.2) is 99.6 Å². The minimum Gasteiger partial charge on any atom is -0.461 e. The van der Waals surface area contributed by atoms with E-state index >= 15 is 0 Å². The van der Waals surface area contributed by atoms with Gasteiger partial charge < -0.3 is 48.8 Å². The molecule has 7 fully saturated rings. The lowest BCUT2D eigenvalue weighted by Crippen LogP contribution is -2.80. The summed E-state index contributed by atoms with van der Waals surface area (Å²) in [6, 6.07) is 16.7. The molecule has 9 rings (SSSR count). The summed E-state index contributed by atoms with van der Waals surface area (Å²) >= 11 is 0. The smallest absolute Gasteiger partial charge is 0.338 e. The van der Waals surface area contributed by atoms with Crippen LogP contribution in [0.4, 0.5) is 0 Å². The Hall–Kier alpha value is -2.94. The van der Waals surface area contributed by atoms with Crippen molar-refractivity contribution in [2.45, 2.75) is 73.8 Å². The minimum absolute atomic E-state index is 0.0572. The minimum atomic E-state index is -1.69. The first-order valence-electron chi connectivity index (χ1n) is 13.9. The molecular weight excluding hydrogens is 552 g/mol. The molecule has 3 aliphatic carbocycles. The molecule has 3 saturated carbocycles. The van der Waals surface area contributed by atoms with Crippen molar-refractivity contribution < 1.29 is 58.4 Å². The van der Waals surface area contributed by atoms with Gasteiger partial charge in [0.05, 0.1) is 16.5 Å². The second-order valence-electron chi connectivity index (χ2n) is 12.0. The molecule has 224 valence electrons. The zero-order valence-electron chi connectivity index (χ0n) is 22.7. The van der Waals surface area contributed by atoms with Crippen LogP contribution in [0.3, 0.4) is 0 Å². The Bertz CT molecular complexity index is 1370. The maximum Gasteiger partial charge on any atom is 0.338 e. The van der Waals surface area contributed by atoms with Gasteiger partial charge in [0.15, 0.2) is 18.4 Å². The standard InChI is InChI=1S/C30H32O12/c1-27-14-29(36)19-12-30(27,28(19,26(41-27)42-29)15-38-24(35)17-10-6-3-7-11-17)40-25-22(33)21(32)20(31)18(39-25)13-37-23(34)16-8-4-2-5-9-16/h2-11,18-22,25-26,31-33,36H,12-15H2,1H3/t18-,19-,20-,21+,22-,25-,26+,27+,28-,29-,30+/m0/s1. The fraction of sp³-hybridized carbons (Fsp3) is 0.533. The number of hydrogen-bond acceptors (Lipinski definition) is 12. The van der Waals surface area contributed by atoms with Crippen molar-refractivity contribution in [3.05, 3.63) is 71.8 Å². The van der Waals surface area contributed by atoms with Crippen molar-refractivity contribution in [2.24, 2.45) is 11.3 Å². The lowest BCUT2D eigenvalue weighted by Gasteiger charge is -2.67. The topological polar surface area (TPSA) is 170 Å². The Morgan fingerprint density at radius 1 is 0.881 bits per heavy atom. The van der Waals surface area contributed by atoms with Crippen LogP contribution < -0.4 is 0 Å². The van der Waals surface area contributed by atoms with E-state index in [1.165, 1.54) is 0 Å². The molecule has 7 aliphatic rings. The molecular formula is C30H32O12. The fourth-order valence-electron chi connectivity index (χ4n) is 7.68. The molecule has 42 heavy (non-hydrogen) atoms. The average molecular weight is 585 g/mol. The largest absolute Gasteiger partial charge is 0.461 e. The Balaban J connectivity index is 1.13.